The number of hydrogen-bond acceptors (Lipinski definition) is 7. The van der Waals surface area contributed by atoms with Gasteiger partial charge in [0.25, 0.3) is 0 Å². The van der Waals surface area contributed by atoms with Crippen LogP contribution in [0, 0.1) is 11.3 Å². The molecule has 0 fully saturated rings. The van der Waals surface area contributed by atoms with E-state index in [-0.39, 0.29) is 5.57 Å². The summed E-state index contributed by atoms with van der Waals surface area (Å²) in [6, 6.07) is 9.48. The van der Waals surface area contributed by atoms with Gasteiger partial charge in [-0.05, 0) is 43.0 Å². The van der Waals surface area contributed by atoms with Crippen LogP contribution in [-0.2, 0) is 23.7 Å². The average Bonchev–Trinajstić information content (AvgIpc) is 2.80. The molecule has 0 atom stereocenters. The molecule has 0 heterocycles. The number of hydrogen-bond donors (Lipinski definition) is 0. The van der Waals surface area contributed by atoms with Crippen LogP contribution in [0.25, 0.3) is 6.08 Å². The van der Waals surface area contributed by atoms with Crippen LogP contribution < -0.4 is 4.90 Å². The fraction of sp³-hybridized carbons (Fsp3) is 0.565. The summed E-state index contributed by atoms with van der Waals surface area (Å²) in [6.45, 7) is 5.04. The van der Waals surface area contributed by atoms with Gasteiger partial charge in [0.15, 0.2) is 0 Å². The molecule has 31 heavy (non-hydrogen) atoms. The first kappa shape index (κ1) is 26.9. The van der Waals surface area contributed by atoms with Crippen LogP contribution >= 0.6 is 11.6 Å². The van der Waals surface area contributed by atoms with Crippen LogP contribution in [0.1, 0.15) is 24.8 Å². The third-order valence-electron chi connectivity index (χ3n) is 4.38. The number of carbonyl (C=O) groups is 1. The number of halogens is 1. The summed E-state index contributed by atoms with van der Waals surface area (Å²) in [4.78, 5) is 13.7. The smallest absolute Gasteiger partial charge is 0.348 e. The predicted molar refractivity (Wildman–Crippen MR) is 122 cm³/mol. The normalized spacial score (nSPS) is 11.2. The molecule has 0 saturated heterocycles. The molecule has 0 aliphatic heterocycles. The highest BCUT2D eigenvalue weighted by molar-refractivity contribution is 6.18. The number of ether oxygens (including phenoxy) is 4. The Morgan fingerprint density at radius 1 is 1.00 bits per heavy atom. The van der Waals surface area contributed by atoms with Crippen LogP contribution in [0.5, 0.6) is 0 Å². The summed E-state index contributed by atoms with van der Waals surface area (Å²) < 4.78 is 20.8. The number of carbonyl (C=O) groups excluding carboxylic acids is 1. The number of methoxy groups -OCH3 is 2. The van der Waals surface area contributed by atoms with Crippen molar-refractivity contribution < 1.29 is 23.7 Å². The summed E-state index contributed by atoms with van der Waals surface area (Å²) in [5, 5.41) is 9.07. The number of anilines is 1. The second-order valence-corrected chi connectivity index (χ2v) is 7.09. The minimum atomic E-state index is -0.645. The van der Waals surface area contributed by atoms with Crippen molar-refractivity contribution in [2.24, 2.45) is 0 Å². The van der Waals surface area contributed by atoms with Crippen molar-refractivity contribution in [1.82, 2.24) is 0 Å². The van der Waals surface area contributed by atoms with Gasteiger partial charge in [-0.2, -0.15) is 5.26 Å². The van der Waals surface area contributed by atoms with Gasteiger partial charge in [0, 0.05) is 64.8 Å². The summed E-state index contributed by atoms with van der Waals surface area (Å²) in [5.41, 5.74) is 1.74. The Labute approximate surface area is 190 Å². The summed E-state index contributed by atoms with van der Waals surface area (Å²) in [7, 11) is 2.94. The molecule has 0 saturated carbocycles. The van der Waals surface area contributed by atoms with E-state index in [0.717, 1.165) is 56.8 Å². The molecule has 0 aliphatic rings. The lowest BCUT2D eigenvalue weighted by atomic mass is 10.1. The molecule has 1 aromatic carbocycles. The summed E-state index contributed by atoms with van der Waals surface area (Å²) in [6.07, 6.45) is 4.18. The molecular weight excluding hydrogens is 420 g/mol. The molecular formula is C23H33ClN2O5. The molecule has 0 spiro atoms. The van der Waals surface area contributed by atoms with Crippen LogP contribution in [0.15, 0.2) is 29.8 Å². The largest absolute Gasteiger partial charge is 0.465 e. The maximum absolute atomic E-state index is 11.5. The van der Waals surface area contributed by atoms with Gasteiger partial charge in [-0.15, -0.1) is 11.6 Å². The maximum Gasteiger partial charge on any atom is 0.348 e. The van der Waals surface area contributed by atoms with Crippen LogP contribution in [0.3, 0.4) is 0 Å². The molecule has 0 radical (unpaired) electrons. The van der Waals surface area contributed by atoms with Crippen molar-refractivity contribution in [3.63, 3.8) is 0 Å². The van der Waals surface area contributed by atoms with E-state index >= 15 is 0 Å². The maximum atomic E-state index is 11.5. The molecule has 0 aliphatic carbocycles. The second-order valence-electron chi connectivity index (χ2n) is 6.71. The molecule has 0 aromatic heterocycles. The fourth-order valence-electron chi connectivity index (χ4n) is 2.80. The van der Waals surface area contributed by atoms with Gasteiger partial charge in [0.2, 0.25) is 0 Å². The van der Waals surface area contributed by atoms with Gasteiger partial charge in [-0.3, -0.25) is 0 Å². The second kappa shape index (κ2) is 17.6. The van der Waals surface area contributed by atoms with E-state index in [0.29, 0.717) is 25.7 Å². The monoisotopic (exact) mass is 452 g/mol. The van der Waals surface area contributed by atoms with E-state index in [1.54, 1.807) is 7.11 Å². The zero-order chi connectivity index (χ0) is 22.7. The summed E-state index contributed by atoms with van der Waals surface area (Å²) in [5.74, 6) is -0.128. The lowest BCUT2D eigenvalue weighted by molar-refractivity contribution is -0.135. The van der Waals surface area contributed by atoms with Gasteiger partial charge < -0.3 is 23.8 Å². The Kier molecular flexibility index (Phi) is 15.3. The molecule has 0 unspecified atom stereocenters. The van der Waals surface area contributed by atoms with Crippen molar-refractivity contribution in [1.29, 1.82) is 5.26 Å². The van der Waals surface area contributed by atoms with E-state index in [4.69, 9.17) is 31.1 Å². The molecule has 0 N–H and O–H groups in total. The Morgan fingerprint density at radius 3 is 2.16 bits per heavy atom. The Hall–Kier alpha value is -2.11. The van der Waals surface area contributed by atoms with Crippen LogP contribution in [-0.4, -0.2) is 72.2 Å². The van der Waals surface area contributed by atoms with Crippen molar-refractivity contribution in [3.8, 4) is 6.07 Å². The number of benzene rings is 1. The van der Waals surface area contributed by atoms with E-state index in [1.165, 1.54) is 13.2 Å². The Bertz CT molecular complexity index is 688. The standard InChI is InChI=1S/C23H33ClN2O5/c1-28-13-4-15-31-17-5-16-30-14-3-11-26(12-10-24)22-8-6-20(7-9-22)18-21(19-25)23(27)29-2/h6-9,18H,3-5,10-17H2,1-2H3/b21-18+. The third kappa shape index (κ3) is 11.7. The number of alkyl halides is 1. The number of nitriles is 1. The number of esters is 1. The molecule has 1 rings (SSSR count). The topological polar surface area (TPSA) is 81.0 Å². The zero-order valence-electron chi connectivity index (χ0n) is 18.5. The lowest BCUT2D eigenvalue weighted by Crippen LogP contribution is -2.27. The first-order valence-corrected chi connectivity index (χ1v) is 10.9. The van der Waals surface area contributed by atoms with E-state index < -0.39 is 5.97 Å². The molecule has 0 amide bonds. The SMILES string of the molecule is COCCCOCCCOCCCN(CCCl)c1ccc(/C=C(\C#N)C(=O)OC)cc1. The number of nitrogens with zero attached hydrogens (tertiary/aromatic N) is 2. The number of rotatable bonds is 17. The lowest BCUT2D eigenvalue weighted by Gasteiger charge is -2.24. The molecule has 0 bridgehead atoms. The van der Waals surface area contributed by atoms with Crippen molar-refractivity contribution >= 4 is 29.3 Å². The predicted octanol–water partition coefficient (Wildman–Crippen LogP) is 3.66. The van der Waals surface area contributed by atoms with Gasteiger partial charge >= 0.3 is 5.97 Å². The van der Waals surface area contributed by atoms with Crippen LogP contribution in [0.2, 0.25) is 0 Å². The van der Waals surface area contributed by atoms with Gasteiger partial charge in [0.1, 0.15) is 11.6 Å². The zero-order valence-corrected chi connectivity index (χ0v) is 19.2. The average molecular weight is 453 g/mol. The highest BCUT2D eigenvalue weighted by Gasteiger charge is 2.09. The highest BCUT2D eigenvalue weighted by Crippen LogP contribution is 2.18. The van der Waals surface area contributed by atoms with Gasteiger partial charge in [-0.1, -0.05) is 12.1 Å². The Balaban J connectivity index is 2.39. The molecule has 172 valence electrons. The van der Waals surface area contributed by atoms with Crippen LogP contribution in [0.4, 0.5) is 5.69 Å². The van der Waals surface area contributed by atoms with Gasteiger partial charge in [-0.25, -0.2) is 4.79 Å². The first-order chi connectivity index (χ1) is 15.2. The van der Waals surface area contributed by atoms with Crippen molar-refractivity contribution in [2.45, 2.75) is 19.3 Å². The molecule has 7 nitrogen and oxygen atoms in total. The minimum Gasteiger partial charge on any atom is -0.465 e. The molecule has 1 aromatic rings. The van der Waals surface area contributed by atoms with E-state index in [2.05, 4.69) is 9.64 Å². The highest BCUT2D eigenvalue weighted by atomic mass is 35.5. The first-order valence-electron chi connectivity index (χ1n) is 10.4. The van der Waals surface area contributed by atoms with Crippen molar-refractivity contribution in [2.75, 3.05) is 71.1 Å². The van der Waals surface area contributed by atoms with Crippen molar-refractivity contribution in [3.05, 3.63) is 35.4 Å². The minimum absolute atomic E-state index is 0.0367. The molecule has 8 heteroatoms. The Morgan fingerprint density at radius 2 is 1.61 bits per heavy atom. The summed E-state index contributed by atoms with van der Waals surface area (Å²) >= 11 is 5.97. The third-order valence-corrected chi connectivity index (χ3v) is 4.55. The van der Waals surface area contributed by atoms with Gasteiger partial charge in [0.05, 0.1) is 7.11 Å². The van der Waals surface area contributed by atoms with E-state index in [9.17, 15) is 4.79 Å². The quantitative estimate of drug-likeness (QED) is 0.117. The fourth-order valence-corrected chi connectivity index (χ4v) is 3.00. The van der Waals surface area contributed by atoms with E-state index in [1.807, 2.05) is 30.3 Å².